The number of halogens is 2. The summed E-state index contributed by atoms with van der Waals surface area (Å²) in [5.74, 6) is -0.986. The standard InChI is InChI=1S/C15H9ClINO3/c16-13-10(17)6-5-9-14(13)18(7-12(19)20)11-4-2-1-3-8(11)15(9)21/h1-6H,7H2,(H,19,20). The number of aromatic nitrogens is 1. The Kier molecular flexibility index (Phi) is 3.62. The molecule has 0 saturated carbocycles. The molecule has 0 spiro atoms. The van der Waals surface area contributed by atoms with Crippen molar-refractivity contribution in [2.75, 3.05) is 0 Å². The molecule has 0 atom stereocenters. The second-order valence-corrected chi connectivity index (χ2v) is 6.12. The van der Waals surface area contributed by atoms with Gasteiger partial charge in [0, 0.05) is 14.3 Å². The highest BCUT2D eigenvalue weighted by Gasteiger charge is 2.16. The molecule has 0 bridgehead atoms. The molecule has 0 aliphatic carbocycles. The van der Waals surface area contributed by atoms with Gasteiger partial charge in [-0.15, -0.1) is 0 Å². The number of rotatable bonds is 2. The second kappa shape index (κ2) is 5.31. The van der Waals surface area contributed by atoms with Gasteiger partial charge < -0.3 is 9.67 Å². The van der Waals surface area contributed by atoms with Crippen molar-refractivity contribution < 1.29 is 9.90 Å². The van der Waals surface area contributed by atoms with Crippen molar-refractivity contribution >= 4 is 62.0 Å². The van der Waals surface area contributed by atoms with Gasteiger partial charge in [-0.1, -0.05) is 23.7 Å². The summed E-state index contributed by atoms with van der Waals surface area (Å²) >= 11 is 8.39. The fraction of sp³-hybridized carbons (Fsp3) is 0.0667. The smallest absolute Gasteiger partial charge is 0.323 e. The van der Waals surface area contributed by atoms with E-state index in [-0.39, 0.29) is 12.0 Å². The highest BCUT2D eigenvalue weighted by atomic mass is 127. The fourth-order valence-electron chi connectivity index (χ4n) is 2.45. The van der Waals surface area contributed by atoms with Crippen LogP contribution in [0.4, 0.5) is 0 Å². The molecule has 21 heavy (non-hydrogen) atoms. The van der Waals surface area contributed by atoms with E-state index < -0.39 is 5.97 Å². The van der Waals surface area contributed by atoms with Crippen molar-refractivity contribution in [2.45, 2.75) is 6.54 Å². The third kappa shape index (κ3) is 2.30. The second-order valence-electron chi connectivity index (χ2n) is 4.58. The Hall–Kier alpha value is -1.60. The Morgan fingerprint density at radius 2 is 1.90 bits per heavy atom. The number of aliphatic carboxylic acids is 1. The van der Waals surface area contributed by atoms with Crippen LogP contribution in [0.1, 0.15) is 0 Å². The SMILES string of the molecule is O=C(O)Cn1c2ccccc2c(=O)c2ccc(I)c(Cl)c21. The van der Waals surface area contributed by atoms with Gasteiger partial charge in [0.1, 0.15) is 6.54 Å². The quantitative estimate of drug-likeness (QED) is 0.517. The van der Waals surface area contributed by atoms with Gasteiger partial charge in [0.2, 0.25) is 0 Å². The molecule has 1 heterocycles. The van der Waals surface area contributed by atoms with Gasteiger partial charge in [0.25, 0.3) is 0 Å². The first kappa shape index (κ1) is 14.3. The van der Waals surface area contributed by atoms with E-state index in [2.05, 4.69) is 22.6 Å². The van der Waals surface area contributed by atoms with Crippen LogP contribution in [0.5, 0.6) is 0 Å². The third-order valence-corrected chi connectivity index (χ3v) is 4.92. The number of carbonyl (C=O) groups is 1. The maximum atomic E-state index is 12.6. The van der Waals surface area contributed by atoms with Crippen molar-refractivity contribution in [2.24, 2.45) is 0 Å². The Labute approximate surface area is 138 Å². The van der Waals surface area contributed by atoms with Crippen LogP contribution in [0.3, 0.4) is 0 Å². The summed E-state index contributed by atoms with van der Waals surface area (Å²) in [7, 11) is 0. The lowest BCUT2D eigenvalue weighted by molar-refractivity contribution is -0.137. The van der Waals surface area contributed by atoms with Gasteiger partial charge >= 0.3 is 5.97 Å². The number of para-hydroxylation sites is 1. The molecule has 0 unspecified atom stereocenters. The number of hydrogen-bond acceptors (Lipinski definition) is 2. The molecule has 3 rings (SSSR count). The number of nitrogens with zero attached hydrogens (tertiary/aromatic N) is 1. The summed E-state index contributed by atoms with van der Waals surface area (Å²) in [5.41, 5.74) is 0.900. The lowest BCUT2D eigenvalue weighted by Crippen LogP contribution is -2.16. The predicted octanol–water partition coefficient (Wildman–Crippen LogP) is 3.50. The van der Waals surface area contributed by atoms with Crippen molar-refractivity contribution in [1.82, 2.24) is 4.57 Å². The molecular formula is C15H9ClINO3. The molecule has 0 aliphatic rings. The third-order valence-electron chi connectivity index (χ3n) is 3.32. The van der Waals surface area contributed by atoms with Gasteiger partial charge in [-0.05, 0) is 46.9 Å². The molecule has 2 aromatic carbocycles. The molecule has 0 radical (unpaired) electrons. The van der Waals surface area contributed by atoms with Crippen LogP contribution in [-0.2, 0) is 11.3 Å². The van der Waals surface area contributed by atoms with Crippen LogP contribution in [0.2, 0.25) is 5.02 Å². The fourth-order valence-corrected chi connectivity index (χ4v) is 3.16. The summed E-state index contributed by atoms with van der Waals surface area (Å²) in [5, 5.41) is 10.5. The average Bonchev–Trinajstić information content (AvgIpc) is 2.46. The molecule has 0 saturated heterocycles. The first-order valence-electron chi connectivity index (χ1n) is 6.11. The molecule has 6 heteroatoms. The minimum Gasteiger partial charge on any atom is -0.480 e. The zero-order valence-corrected chi connectivity index (χ0v) is 13.6. The zero-order chi connectivity index (χ0) is 15.1. The normalized spacial score (nSPS) is 11.1. The largest absolute Gasteiger partial charge is 0.480 e. The molecule has 0 fully saturated rings. The molecule has 106 valence electrons. The van der Waals surface area contributed by atoms with Crippen LogP contribution in [0.15, 0.2) is 41.2 Å². The number of hydrogen-bond donors (Lipinski definition) is 1. The Bertz CT molecular complexity index is 949. The van der Waals surface area contributed by atoms with E-state index in [0.29, 0.717) is 26.8 Å². The van der Waals surface area contributed by atoms with Crippen molar-refractivity contribution in [3.05, 3.63) is 55.2 Å². The van der Waals surface area contributed by atoms with Crippen LogP contribution in [0.25, 0.3) is 21.8 Å². The lowest BCUT2D eigenvalue weighted by Gasteiger charge is -2.15. The Balaban J connectivity index is 2.63. The van der Waals surface area contributed by atoms with Crippen LogP contribution in [0, 0.1) is 3.57 Å². The number of fused-ring (bicyclic) bond motifs is 2. The van der Waals surface area contributed by atoms with E-state index in [1.165, 1.54) is 0 Å². The van der Waals surface area contributed by atoms with E-state index in [1.807, 2.05) is 0 Å². The first-order chi connectivity index (χ1) is 10.0. The average molecular weight is 414 g/mol. The van der Waals surface area contributed by atoms with Gasteiger partial charge in [0.15, 0.2) is 5.43 Å². The number of pyridine rings is 1. The molecule has 1 aromatic heterocycles. The molecule has 3 aromatic rings. The summed E-state index contributed by atoms with van der Waals surface area (Å²) in [4.78, 5) is 23.8. The molecule has 0 aliphatic heterocycles. The van der Waals surface area contributed by atoms with Crippen LogP contribution >= 0.6 is 34.2 Å². The topological polar surface area (TPSA) is 59.3 Å². The lowest BCUT2D eigenvalue weighted by atomic mass is 10.1. The Morgan fingerprint density at radius 3 is 2.62 bits per heavy atom. The molecule has 0 amide bonds. The van der Waals surface area contributed by atoms with Crippen molar-refractivity contribution in [3.63, 3.8) is 0 Å². The summed E-state index contributed by atoms with van der Waals surface area (Å²) < 4.78 is 2.36. The summed E-state index contributed by atoms with van der Waals surface area (Å²) in [6.45, 7) is -0.253. The minimum absolute atomic E-state index is 0.138. The zero-order valence-electron chi connectivity index (χ0n) is 10.6. The highest BCUT2D eigenvalue weighted by molar-refractivity contribution is 14.1. The van der Waals surface area contributed by atoms with Crippen molar-refractivity contribution in [3.8, 4) is 0 Å². The van der Waals surface area contributed by atoms with Gasteiger partial charge in [-0.2, -0.15) is 0 Å². The maximum absolute atomic E-state index is 12.6. The minimum atomic E-state index is -0.986. The maximum Gasteiger partial charge on any atom is 0.323 e. The van der Waals surface area contributed by atoms with E-state index >= 15 is 0 Å². The number of benzene rings is 2. The predicted molar refractivity (Wildman–Crippen MR) is 91.1 cm³/mol. The number of carboxylic acids is 1. The molecule has 1 N–H and O–H groups in total. The molecular weight excluding hydrogens is 405 g/mol. The van der Waals surface area contributed by atoms with Crippen LogP contribution in [-0.4, -0.2) is 15.6 Å². The first-order valence-corrected chi connectivity index (χ1v) is 7.57. The van der Waals surface area contributed by atoms with Crippen LogP contribution < -0.4 is 5.43 Å². The van der Waals surface area contributed by atoms with E-state index in [9.17, 15) is 14.7 Å². The molecule has 4 nitrogen and oxygen atoms in total. The summed E-state index contributed by atoms with van der Waals surface area (Å²) in [6, 6.07) is 10.4. The van der Waals surface area contributed by atoms with E-state index in [0.717, 1.165) is 3.57 Å². The monoisotopic (exact) mass is 413 g/mol. The van der Waals surface area contributed by atoms with Gasteiger partial charge in [-0.3, -0.25) is 9.59 Å². The van der Waals surface area contributed by atoms with E-state index in [1.54, 1.807) is 41.0 Å². The Morgan fingerprint density at radius 1 is 1.19 bits per heavy atom. The van der Waals surface area contributed by atoms with E-state index in [4.69, 9.17) is 11.6 Å². The van der Waals surface area contributed by atoms with Gasteiger partial charge in [0.05, 0.1) is 16.1 Å². The van der Waals surface area contributed by atoms with Gasteiger partial charge in [-0.25, -0.2) is 0 Å². The summed E-state index contributed by atoms with van der Waals surface area (Å²) in [6.07, 6.45) is 0. The van der Waals surface area contributed by atoms with Crippen molar-refractivity contribution in [1.29, 1.82) is 0 Å². The highest BCUT2D eigenvalue weighted by Crippen LogP contribution is 2.29. The number of carboxylic acid groups (broad SMARTS) is 1.